The molecule has 5 heteroatoms. The van der Waals surface area contributed by atoms with Gasteiger partial charge in [0.2, 0.25) is 0 Å². The number of methoxy groups -OCH3 is 2. The lowest BCUT2D eigenvalue weighted by Gasteiger charge is -2.18. The molecule has 0 radical (unpaired) electrons. The van der Waals surface area contributed by atoms with E-state index in [0.29, 0.717) is 30.5 Å². The Labute approximate surface area is 143 Å². The first-order chi connectivity index (χ1) is 11.6. The Balaban J connectivity index is 2.35. The second-order valence-electron chi connectivity index (χ2n) is 5.16. The Kier molecular flexibility index (Phi) is 6.32. The van der Waals surface area contributed by atoms with Crippen molar-refractivity contribution in [2.45, 2.75) is 19.9 Å². The van der Waals surface area contributed by atoms with Crippen LogP contribution in [-0.4, -0.2) is 27.4 Å². The van der Waals surface area contributed by atoms with E-state index in [1.807, 2.05) is 50.2 Å². The van der Waals surface area contributed by atoms with Crippen molar-refractivity contribution in [2.24, 2.45) is 5.73 Å². The van der Waals surface area contributed by atoms with Crippen molar-refractivity contribution in [3.63, 3.8) is 0 Å². The Bertz CT molecular complexity index is 672. The van der Waals surface area contributed by atoms with Crippen LogP contribution in [0.15, 0.2) is 36.4 Å². The van der Waals surface area contributed by atoms with Crippen LogP contribution in [0.3, 0.4) is 0 Å². The van der Waals surface area contributed by atoms with Gasteiger partial charge in [0.15, 0.2) is 23.0 Å². The van der Waals surface area contributed by atoms with Crippen molar-refractivity contribution in [3.05, 3.63) is 47.5 Å². The highest BCUT2D eigenvalue weighted by atomic mass is 16.5. The van der Waals surface area contributed by atoms with Gasteiger partial charge in [-0.3, -0.25) is 0 Å². The smallest absolute Gasteiger partial charge is 0.161 e. The zero-order valence-corrected chi connectivity index (χ0v) is 14.7. The van der Waals surface area contributed by atoms with Gasteiger partial charge in [0, 0.05) is 0 Å². The van der Waals surface area contributed by atoms with Crippen molar-refractivity contribution in [2.75, 3.05) is 27.4 Å². The molecule has 2 rings (SSSR count). The second kappa shape index (κ2) is 8.45. The number of ether oxygens (including phenoxy) is 4. The zero-order valence-electron chi connectivity index (χ0n) is 14.7. The summed E-state index contributed by atoms with van der Waals surface area (Å²) in [5, 5.41) is 0. The average molecular weight is 331 g/mol. The van der Waals surface area contributed by atoms with Crippen LogP contribution in [0.25, 0.3) is 0 Å². The minimum atomic E-state index is -0.306. The molecule has 0 bridgehead atoms. The van der Waals surface area contributed by atoms with E-state index in [2.05, 4.69) is 0 Å². The van der Waals surface area contributed by atoms with Gasteiger partial charge in [-0.25, -0.2) is 0 Å². The van der Waals surface area contributed by atoms with E-state index in [0.717, 1.165) is 16.9 Å². The van der Waals surface area contributed by atoms with Crippen LogP contribution in [0, 0.1) is 0 Å². The van der Waals surface area contributed by atoms with E-state index < -0.39 is 0 Å². The molecule has 0 aromatic heterocycles. The highest BCUT2D eigenvalue weighted by Crippen LogP contribution is 2.34. The van der Waals surface area contributed by atoms with Crippen LogP contribution >= 0.6 is 0 Å². The predicted molar refractivity (Wildman–Crippen MR) is 94.4 cm³/mol. The number of nitrogens with two attached hydrogens (primary N) is 1. The highest BCUT2D eigenvalue weighted by Gasteiger charge is 2.15. The van der Waals surface area contributed by atoms with Crippen molar-refractivity contribution in [3.8, 4) is 23.0 Å². The summed E-state index contributed by atoms with van der Waals surface area (Å²) in [7, 11) is 3.22. The Hall–Kier alpha value is -2.40. The molecular formula is C19H25NO4. The first-order valence-corrected chi connectivity index (χ1v) is 8.01. The van der Waals surface area contributed by atoms with Crippen LogP contribution < -0.4 is 24.7 Å². The molecule has 0 unspecified atom stereocenters. The molecule has 0 aliphatic carbocycles. The monoisotopic (exact) mass is 331 g/mol. The molecule has 0 aliphatic heterocycles. The fourth-order valence-corrected chi connectivity index (χ4v) is 2.50. The zero-order chi connectivity index (χ0) is 17.5. The Morgan fingerprint density at radius 2 is 1.25 bits per heavy atom. The molecule has 0 aliphatic rings. The maximum atomic E-state index is 6.43. The highest BCUT2D eigenvalue weighted by molar-refractivity contribution is 5.49. The summed E-state index contributed by atoms with van der Waals surface area (Å²) in [4.78, 5) is 0. The molecule has 2 N–H and O–H groups in total. The molecule has 2 aromatic carbocycles. The van der Waals surface area contributed by atoms with E-state index in [1.54, 1.807) is 14.2 Å². The topological polar surface area (TPSA) is 62.9 Å². The Morgan fingerprint density at radius 1 is 0.750 bits per heavy atom. The standard InChI is InChI=1S/C19H25NO4/c1-5-23-16-10-8-14(12-18(16)24-6-2)19(20)13-7-9-15(21-3)17(11-13)22-4/h7-12,19H,5-6,20H2,1-4H3/t19-/m0/s1. The van der Waals surface area contributed by atoms with E-state index >= 15 is 0 Å². The van der Waals surface area contributed by atoms with Crippen molar-refractivity contribution < 1.29 is 18.9 Å². The normalized spacial score (nSPS) is 11.7. The van der Waals surface area contributed by atoms with Gasteiger partial charge in [-0.05, 0) is 49.2 Å². The van der Waals surface area contributed by atoms with Crippen LogP contribution in [-0.2, 0) is 0 Å². The van der Waals surface area contributed by atoms with Gasteiger partial charge in [0.25, 0.3) is 0 Å². The quantitative estimate of drug-likeness (QED) is 0.801. The number of benzene rings is 2. The maximum Gasteiger partial charge on any atom is 0.161 e. The molecule has 0 amide bonds. The van der Waals surface area contributed by atoms with E-state index in [9.17, 15) is 0 Å². The largest absolute Gasteiger partial charge is 0.493 e. The van der Waals surface area contributed by atoms with Gasteiger partial charge in [-0.1, -0.05) is 12.1 Å². The summed E-state index contributed by atoms with van der Waals surface area (Å²) in [6, 6.07) is 11.1. The van der Waals surface area contributed by atoms with Gasteiger partial charge in [0.05, 0.1) is 33.5 Å². The second-order valence-corrected chi connectivity index (χ2v) is 5.16. The van der Waals surface area contributed by atoms with Crippen molar-refractivity contribution in [1.29, 1.82) is 0 Å². The first-order valence-electron chi connectivity index (χ1n) is 8.01. The summed E-state index contributed by atoms with van der Waals surface area (Å²) >= 11 is 0. The third-order valence-electron chi connectivity index (χ3n) is 3.69. The van der Waals surface area contributed by atoms with Crippen LogP contribution in [0.1, 0.15) is 31.0 Å². The summed E-state index contributed by atoms with van der Waals surface area (Å²) in [6.07, 6.45) is 0. The fraction of sp³-hybridized carbons (Fsp3) is 0.368. The van der Waals surface area contributed by atoms with E-state index in [-0.39, 0.29) is 6.04 Å². The first kappa shape index (κ1) is 17.9. The van der Waals surface area contributed by atoms with E-state index in [1.165, 1.54) is 0 Å². The summed E-state index contributed by atoms with van der Waals surface area (Å²) in [5.41, 5.74) is 8.30. The van der Waals surface area contributed by atoms with Gasteiger partial charge in [-0.2, -0.15) is 0 Å². The third kappa shape index (κ3) is 3.92. The third-order valence-corrected chi connectivity index (χ3v) is 3.69. The van der Waals surface area contributed by atoms with Crippen LogP contribution in [0.5, 0.6) is 23.0 Å². The molecule has 1 atom stereocenters. The molecule has 2 aromatic rings. The molecular weight excluding hydrogens is 306 g/mol. The minimum Gasteiger partial charge on any atom is -0.493 e. The van der Waals surface area contributed by atoms with Gasteiger partial charge >= 0.3 is 0 Å². The molecule has 0 saturated carbocycles. The van der Waals surface area contributed by atoms with Crippen LogP contribution in [0.4, 0.5) is 0 Å². The molecule has 130 valence electrons. The lowest BCUT2D eigenvalue weighted by atomic mass is 9.98. The van der Waals surface area contributed by atoms with Gasteiger partial charge in [0.1, 0.15) is 0 Å². The number of hydrogen-bond donors (Lipinski definition) is 1. The SMILES string of the molecule is CCOc1ccc([C@@H](N)c2ccc(OC)c(OC)c2)cc1OCC. The fourth-order valence-electron chi connectivity index (χ4n) is 2.50. The minimum absolute atomic E-state index is 0.306. The molecule has 0 heterocycles. The molecule has 0 fully saturated rings. The lowest BCUT2D eigenvalue weighted by Crippen LogP contribution is -2.12. The van der Waals surface area contributed by atoms with Crippen molar-refractivity contribution >= 4 is 0 Å². The number of hydrogen-bond acceptors (Lipinski definition) is 5. The van der Waals surface area contributed by atoms with Gasteiger partial charge < -0.3 is 24.7 Å². The van der Waals surface area contributed by atoms with Gasteiger partial charge in [-0.15, -0.1) is 0 Å². The van der Waals surface area contributed by atoms with Crippen LogP contribution in [0.2, 0.25) is 0 Å². The summed E-state index contributed by atoms with van der Waals surface area (Å²) in [6.45, 7) is 5.03. The maximum absolute atomic E-state index is 6.43. The summed E-state index contributed by atoms with van der Waals surface area (Å²) < 4.78 is 21.9. The van der Waals surface area contributed by atoms with Crippen molar-refractivity contribution in [1.82, 2.24) is 0 Å². The molecule has 5 nitrogen and oxygen atoms in total. The molecule has 0 saturated heterocycles. The molecule has 0 spiro atoms. The number of rotatable bonds is 8. The Morgan fingerprint density at radius 3 is 1.79 bits per heavy atom. The molecule has 24 heavy (non-hydrogen) atoms. The predicted octanol–water partition coefficient (Wildman–Crippen LogP) is 3.55. The van der Waals surface area contributed by atoms with E-state index in [4.69, 9.17) is 24.7 Å². The average Bonchev–Trinajstić information content (AvgIpc) is 2.62. The summed E-state index contributed by atoms with van der Waals surface area (Å²) in [5.74, 6) is 2.76. The lowest BCUT2D eigenvalue weighted by molar-refractivity contribution is 0.287.